The van der Waals surface area contributed by atoms with Gasteiger partial charge in [-0.25, -0.2) is 4.68 Å². The van der Waals surface area contributed by atoms with E-state index in [9.17, 15) is 14.4 Å². The molecule has 0 bridgehead atoms. The molecule has 0 radical (unpaired) electrons. The molecule has 0 aliphatic carbocycles. The summed E-state index contributed by atoms with van der Waals surface area (Å²) in [5.74, 6) is -0.554. The summed E-state index contributed by atoms with van der Waals surface area (Å²) in [5.41, 5.74) is -0.00283. The van der Waals surface area contributed by atoms with Crippen molar-refractivity contribution >= 4 is 34.4 Å². The van der Waals surface area contributed by atoms with Crippen molar-refractivity contribution < 1.29 is 14.7 Å². The van der Waals surface area contributed by atoms with Gasteiger partial charge in [0.15, 0.2) is 5.69 Å². The minimum atomic E-state index is -0.884. The zero-order valence-electron chi connectivity index (χ0n) is 14.2. The van der Waals surface area contributed by atoms with Crippen molar-refractivity contribution in [3.05, 3.63) is 40.3 Å². The molecular formula is C17H21N3O4S. The lowest BCUT2D eigenvalue weighted by Gasteiger charge is -2.12. The maximum atomic E-state index is 12.5. The van der Waals surface area contributed by atoms with E-state index in [1.165, 1.54) is 16.4 Å². The van der Waals surface area contributed by atoms with Gasteiger partial charge < -0.3 is 10.4 Å². The second-order valence-electron chi connectivity index (χ2n) is 5.98. The first-order chi connectivity index (χ1) is 11.9. The highest BCUT2D eigenvalue weighted by Gasteiger charge is 2.16. The van der Waals surface area contributed by atoms with Crippen LogP contribution in [0.5, 0.6) is 0 Å². The number of nitrogens with zero attached hydrogens (tertiary/aromatic N) is 2. The van der Waals surface area contributed by atoms with Crippen LogP contribution in [0.25, 0.3) is 10.8 Å². The molecule has 2 N–H and O–H groups in total. The van der Waals surface area contributed by atoms with E-state index in [4.69, 9.17) is 5.11 Å². The fourth-order valence-electron chi connectivity index (χ4n) is 2.35. The van der Waals surface area contributed by atoms with Crippen LogP contribution < -0.4 is 10.9 Å². The van der Waals surface area contributed by atoms with Crippen molar-refractivity contribution in [2.75, 3.05) is 18.1 Å². The Bertz CT molecular complexity index is 832. The summed E-state index contributed by atoms with van der Waals surface area (Å²) in [6, 6.07) is 6.91. The van der Waals surface area contributed by atoms with Crippen LogP contribution in [0.4, 0.5) is 0 Å². The number of aliphatic carboxylic acids is 1. The predicted octanol–water partition coefficient (Wildman–Crippen LogP) is 1.60. The van der Waals surface area contributed by atoms with E-state index in [1.807, 2.05) is 13.8 Å². The Labute approximate surface area is 149 Å². The first-order valence-corrected chi connectivity index (χ1v) is 9.13. The lowest BCUT2D eigenvalue weighted by molar-refractivity contribution is -0.133. The van der Waals surface area contributed by atoms with Gasteiger partial charge in [-0.2, -0.15) is 5.10 Å². The summed E-state index contributed by atoms with van der Waals surface area (Å²) >= 11 is 1.23. The van der Waals surface area contributed by atoms with E-state index in [0.29, 0.717) is 29.6 Å². The van der Waals surface area contributed by atoms with E-state index < -0.39 is 5.97 Å². The first kappa shape index (κ1) is 19.0. The third-order valence-corrected chi connectivity index (χ3v) is 4.32. The molecule has 0 unspecified atom stereocenters. The van der Waals surface area contributed by atoms with Gasteiger partial charge in [0.2, 0.25) is 0 Å². The van der Waals surface area contributed by atoms with E-state index in [2.05, 4.69) is 10.4 Å². The fraction of sp³-hybridized carbons (Fsp3) is 0.412. The first-order valence-electron chi connectivity index (χ1n) is 7.97. The van der Waals surface area contributed by atoms with Crippen molar-refractivity contribution in [2.24, 2.45) is 5.92 Å². The van der Waals surface area contributed by atoms with Crippen LogP contribution in [-0.2, 0) is 11.3 Å². The largest absolute Gasteiger partial charge is 0.481 e. The second kappa shape index (κ2) is 8.66. The minimum absolute atomic E-state index is 0.00365. The van der Waals surface area contributed by atoms with Gasteiger partial charge in [-0.3, -0.25) is 14.4 Å². The highest BCUT2D eigenvalue weighted by molar-refractivity contribution is 7.99. The lowest BCUT2D eigenvalue weighted by Crippen LogP contribution is -2.32. The highest BCUT2D eigenvalue weighted by Crippen LogP contribution is 2.13. The van der Waals surface area contributed by atoms with E-state index in [0.717, 1.165) is 0 Å². The third kappa shape index (κ3) is 5.06. The average molecular weight is 363 g/mol. The molecule has 0 spiro atoms. The number of fused-ring (bicyclic) bond motifs is 1. The molecule has 2 aromatic rings. The molecule has 1 heterocycles. The normalized spacial score (nSPS) is 11.0. The molecule has 0 aliphatic heterocycles. The van der Waals surface area contributed by atoms with Gasteiger partial charge in [0, 0.05) is 24.2 Å². The Balaban J connectivity index is 2.23. The Morgan fingerprint density at radius 1 is 1.28 bits per heavy atom. The number of amides is 1. The maximum absolute atomic E-state index is 12.5. The van der Waals surface area contributed by atoms with Crippen molar-refractivity contribution in [2.45, 2.75) is 20.4 Å². The number of carbonyl (C=O) groups is 2. The Morgan fingerprint density at radius 2 is 1.96 bits per heavy atom. The molecule has 7 nitrogen and oxygen atoms in total. The number of carbonyl (C=O) groups excluding carboxylic acids is 1. The summed E-state index contributed by atoms with van der Waals surface area (Å²) in [7, 11) is 0. The number of hydrogen-bond acceptors (Lipinski definition) is 5. The van der Waals surface area contributed by atoms with Gasteiger partial charge in [0.05, 0.1) is 11.1 Å². The van der Waals surface area contributed by atoms with Crippen LogP contribution in [0.1, 0.15) is 24.3 Å². The van der Waals surface area contributed by atoms with E-state index in [-0.39, 0.29) is 28.8 Å². The van der Waals surface area contributed by atoms with Crippen LogP contribution in [0, 0.1) is 5.92 Å². The van der Waals surface area contributed by atoms with Crippen molar-refractivity contribution in [3.63, 3.8) is 0 Å². The van der Waals surface area contributed by atoms with Crippen molar-refractivity contribution in [1.29, 1.82) is 0 Å². The molecule has 0 saturated carbocycles. The Kier molecular flexibility index (Phi) is 6.58. The van der Waals surface area contributed by atoms with Crippen LogP contribution in [0.3, 0.4) is 0 Å². The van der Waals surface area contributed by atoms with Gasteiger partial charge in [-0.05, 0) is 12.0 Å². The Morgan fingerprint density at radius 3 is 2.60 bits per heavy atom. The van der Waals surface area contributed by atoms with E-state index in [1.54, 1.807) is 24.3 Å². The van der Waals surface area contributed by atoms with Gasteiger partial charge >= 0.3 is 5.97 Å². The van der Waals surface area contributed by atoms with Gasteiger partial charge in [0.25, 0.3) is 11.5 Å². The molecule has 0 aliphatic rings. The number of carboxylic acids is 1. The number of aromatic nitrogens is 2. The second-order valence-corrected chi connectivity index (χ2v) is 7.08. The van der Waals surface area contributed by atoms with Gasteiger partial charge in [-0.1, -0.05) is 32.0 Å². The predicted molar refractivity (Wildman–Crippen MR) is 98.1 cm³/mol. The molecule has 1 amide bonds. The smallest absolute Gasteiger partial charge is 0.313 e. The molecule has 0 atom stereocenters. The Hall–Kier alpha value is -2.35. The summed E-state index contributed by atoms with van der Waals surface area (Å²) in [5, 5.41) is 16.6. The molecule has 134 valence electrons. The fourth-order valence-corrected chi connectivity index (χ4v) is 2.92. The molecule has 8 heteroatoms. The molecule has 2 rings (SSSR count). The molecule has 0 saturated heterocycles. The zero-order valence-corrected chi connectivity index (χ0v) is 15.0. The summed E-state index contributed by atoms with van der Waals surface area (Å²) in [6.07, 6.45) is 0. The van der Waals surface area contributed by atoms with Crippen LogP contribution in [-0.4, -0.2) is 44.8 Å². The lowest BCUT2D eigenvalue weighted by atomic mass is 10.1. The topological polar surface area (TPSA) is 101 Å². The van der Waals surface area contributed by atoms with Crippen LogP contribution in [0.15, 0.2) is 29.1 Å². The number of thioether (sulfide) groups is 1. The third-order valence-electron chi connectivity index (χ3n) is 3.38. The summed E-state index contributed by atoms with van der Waals surface area (Å²) in [6.45, 7) is 4.71. The van der Waals surface area contributed by atoms with Gasteiger partial charge in [-0.15, -0.1) is 11.8 Å². The molecular weight excluding hydrogens is 342 g/mol. The number of hydrogen-bond donors (Lipinski definition) is 2. The molecule has 1 aromatic heterocycles. The molecule has 0 fully saturated rings. The average Bonchev–Trinajstić information content (AvgIpc) is 2.56. The summed E-state index contributed by atoms with van der Waals surface area (Å²) < 4.78 is 1.33. The van der Waals surface area contributed by atoms with Crippen LogP contribution >= 0.6 is 11.8 Å². The van der Waals surface area contributed by atoms with Crippen molar-refractivity contribution in [1.82, 2.24) is 15.1 Å². The molecule has 25 heavy (non-hydrogen) atoms. The van der Waals surface area contributed by atoms with E-state index >= 15 is 0 Å². The minimum Gasteiger partial charge on any atom is -0.481 e. The number of carboxylic acid groups (broad SMARTS) is 1. The van der Waals surface area contributed by atoms with Crippen LogP contribution in [0.2, 0.25) is 0 Å². The van der Waals surface area contributed by atoms with Gasteiger partial charge in [0.1, 0.15) is 0 Å². The maximum Gasteiger partial charge on any atom is 0.313 e. The zero-order chi connectivity index (χ0) is 18.4. The monoisotopic (exact) mass is 363 g/mol. The quantitative estimate of drug-likeness (QED) is 0.691. The summed E-state index contributed by atoms with van der Waals surface area (Å²) in [4.78, 5) is 35.5. The highest BCUT2D eigenvalue weighted by atomic mass is 32.2. The number of nitrogens with one attached hydrogen (secondary N) is 1. The standard InChI is InChI=1S/C17H21N3O4S/c1-11(2)9-20-17(24)13-6-4-3-5-12(13)15(19-20)16(23)18-7-8-25-10-14(21)22/h3-6,11H,7-10H2,1-2H3,(H,18,23)(H,21,22). The van der Waals surface area contributed by atoms with Crippen molar-refractivity contribution in [3.8, 4) is 0 Å². The SMILES string of the molecule is CC(C)Cn1nc(C(=O)NCCSCC(=O)O)c2ccccc2c1=O. The molecule has 1 aromatic carbocycles. The number of benzene rings is 1. The number of rotatable bonds is 8.